The van der Waals surface area contributed by atoms with E-state index >= 15 is 0 Å². The largest absolute Gasteiger partial charge is 0.463 e. The summed E-state index contributed by atoms with van der Waals surface area (Å²) in [6.07, 6.45) is 6.40. The third kappa shape index (κ3) is 5.41. The van der Waals surface area contributed by atoms with Crippen molar-refractivity contribution in [2.45, 2.75) is 6.42 Å². The molecule has 4 aromatic rings. The lowest BCUT2D eigenvalue weighted by atomic mass is 10.2. The van der Waals surface area contributed by atoms with Crippen molar-refractivity contribution < 1.29 is 9.47 Å². The minimum Gasteiger partial charge on any atom is -0.463 e. The van der Waals surface area contributed by atoms with Crippen molar-refractivity contribution in [2.75, 3.05) is 49.9 Å². The van der Waals surface area contributed by atoms with Crippen molar-refractivity contribution in [3.05, 3.63) is 72.2 Å². The van der Waals surface area contributed by atoms with Crippen molar-refractivity contribution >= 4 is 28.8 Å². The Bertz CT molecular complexity index is 1300. The molecule has 0 unspecified atom stereocenters. The van der Waals surface area contributed by atoms with Gasteiger partial charge in [-0.05, 0) is 18.2 Å². The number of hydrogen-bond donors (Lipinski definition) is 0. The highest BCUT2D eigenvalue weighted by molar-refractivity contribution is 5.99. The first-order valence-corrected chi connectivity index (χ1v) is 11.7. The maximum Gasteiger partial charge on any atom is 0.320 e. The number of morpholine rings is 1. The molecule has 0 bridgehead atoms. The van der Waals surface area contributed by atoms with E-state index in [4.69, 9.17) is 9.47 Å². The van der Waals surface area contributed by atoms with Crippen LogP contribution in [0.5, 0.6) is 6.01 Å². The van der Waals surface area contributed by atoms with Crippen LogP contribution in [0.1, 0.15) is 11.3 Å². The van der Waals surface area contributed by atoms with Crippen LogP contribution in [0.4, 0.5) is 11.6 Å². The Morgan fingerprint density at radius 2 is 1.94 bits per heavy atom. The van der Waals surface area contributed by atoms with Crippen molar-refractivity contribution in [2.24, 2.45) is 12.1 Å². The predicted molar refractivity (Wildman–Crippen MR) is 137 cm³/mol. The Hall–Kier alpha value is -3.98. The number of rotatable bonds is 8. The minimum absolute atomic E-state index is 0.326. The molecule has 0 saturated carbocycles. The Balaban J connectivity index is 1.37. The summed E-state index contributed by atoms with van der Waals surface area (Å²) in [6.45, 7) is 3.32. The molecular formula is C26H29N7O2. The summed E-state index contributed by atoms with van der Waals surface area (Å²) >= 11 is 0. The van der Waals surface area contributed by atoms with Crippen LogP contribution in [-0.4, -0.2) is 65.7 Å². The molecule has 35 heavy (non-hydrogen) atoms. The number of hydrogen-bond acceptors (Lipinski definition) is 8. The first-order chi connectivity index (χ1) is 17.2. The molecule has 0 amide bonds. The molecule has 1 fully saturated rings. The van der Waals surface area contributed by atoms with Gasteiger partial charge in [0.2, 0.25) is 0 Å². The van der Waals surface area contributed by atoms with E-state index < -0.39 is 0 Å². The Labute approximate surface area is 204 Å². The van der Waals surface area contributed by atoms with Gasteiger partial charge >= 0.3 is 6.01 Å². The van der Waals surface area contributed by atoms with Crippen LogP contribution in [0.2, 0.25) is 0 Å². The van der Waals surface area contributed by atoms with Gasteiger partial charge in [0.25, 0.3) is 0 Å². The summed E-state index contributed by atoms with van der Waals surface area (Å²) < 4.78 is 13.6. The van der Waals surface area contributed by atoms with Crippen molar-refractivity contribution in [3.8, 4) is 6.01 Å². The van der Waals surface area contributed by atoms with Crippen molar-refractivity contribution in [3.63, 3.8) is 0 Å². The highest BCUT2D eigenvalue weighted by Crippen LogP contribution is 2.24. The number of ether oxygens (including phenoxy) is 2. The molecule has 1 aromatic carbocycles. The van der Waals surface area contributed by atoms with Gasteiger partial charge in [0, 0.05) is 74.2 Å². The van der Waals surface area contributed by atoms with Gasteiger partial charge < -0.3 is 18.9 Å². The zero-order chi connectivity index (χ0) is 24.0. The van der Waals surface area contributed by atoms with E-state index in [9.17, 15) is 0 Å². The second-order valence-electron chi connectivity index (χ2n) is 8.37. The van der Waals surface area contributed by atoms with Crippen LogP contribution < -0.4 is 14.6 Å². The summed E-state index contributed by atoms with van der Waals surface area (Å²) in [4.78, 5) is 15.8. The monoisotopic (exact) mass is 471 g/mol. The molecule has 0 atom stereocenters. The molecule has 0 radical (unpaired) electrons. The van der Waals surface area contributed by atoms with Crippen LogP contribution in [0.15, 0.2) is 66.0 Å². The van der Waals surface area contributed by atoms with Crippen molar-refractivity contribution in [1.82, 2.24) is 19.5 Å². The smallest absolute Gasteiger partial charge is 0.320 e. The van der Waals surface area contributed by atoms with Gasteiger partial charge in [0.15, 0.2) is 5.82 Å². The number of anilines is 2. The fraction of sp³-hybridized carbons (Fsp3) is 0.308. The summed E-state index contributed by atoms with van der Waals surface area (Å²) in [7, 11) is 3.92. The number of para-hydroxylation sites is 1. The first-order valence-electron chi connectivity index (χ1n) is 11.7. The number of fused-ring (bicyclic) bond motifs is 1. The molecule has 180 valence electrons. The van der Waals surface area contributed by atoms with E-state index in [1.54, 1.807) is 11.2 Å². The van der Waals surface area contributed by atoms with Gasteiger partial charge in [0.05, 0.1) is 26.0 Å². The van der Waals surface area contributed by atoms with Gasteiger partial charge in [-0.3, -0.25) is 9.99 Å². The molecule has 4 heterocycles. The number of nitrogens with zero attached hydrogens (tertiary/aromatic N) is 7. The second-order valence-corrected chi connectivity index (χ2v) is 8.37. The third-order valence-corrected chi connectivity index (χ3v) is 5.96. The van der Waals surface area contributed by atoms with Crippen molar-refractivity contribution in [1.29, 1.82) is 0 Å². The van der Waals surface area contributed by atoms with E-state index in [0.29, 0.717) is 38.1 Å². The number of hydrazone groups is 1. The average Bonchev–Trinajstić information content (AvgIpc) is 3.23. The van der Waals surface area contributed by atoms with Crippen LogP contribution in [-0.2, 0) is 18.2 Å². The predicted octanol–water partition coefficient (Wildman–Crippen LogP) is 3.29. The maximum absolute atomic E-state index is 5.95. The Morgan fingerprint density at radius 3 is 2.77 bits per heavy atom. The molecule has 1 aliphatic rings. The average molecular weight is 472 g/mol. The topological polar surface area (TPSA) is 80.9 Å². The van der Waals surface area contributed by atoms with Crippen LogP contribution >= 0.6 is 0 Å². The van der Waals surface area contributed by atoms with E-state index in [1.165, 1.54) is 0 Å². The number of aryl methyl sites for hydroxylation is 1. The molecule has 0 N–H and O–H groups in total. The van der Waals surface area contributed by atoms with Crippen LogP contribution in [0.25, 0.3) is 10.9 Å². The second kappa shape index (κ2) is 10.5. The standard InChI is InChI=1S/C26H29N7O2/c1-31-19-20(22-8-3-4-9-23(22)31)18-28-32(2)24-17-25(33-12-15-34-16-13-33)30-26(29-24)35-14-10-21-7-5-6-11-27-21/h3-9,11,17-19H,10,12-16H2,1-2H3. The van der Waals surface area contributed by atoms with Crippen LogP contribution in [0.3, 0.4) is 0 Å². The minimum atomic E-state index is 0.326. The Morgan fingerprint density at radius 1 is 1.11 bits per heavy atom. The quantitative estimate of drug-likeness (QED) is 0.288. The highest BCUT2D eigenvalue weighted by Gasteiger charge is 2.17. The molecule has 3 aromatic heterocycles. The molecule has 9 heteroatoms. The highest BCUT2D eigenvalue weighted by atomic mass is 16.5. The molecule has 0 aliphatic carbocycles. The molecule has 0 spiro atoms. The number of aromatic nitrogens is 4. The van der Waals surface area contributed by atoms with E-state index in [0.717, 1.165) is 41.1 Å². The molecular weight excluding hydrogens is 442 g/mol. The van der Waals surface area contributed by atoms with Gasteiger partial charge in [-0.2, -0.15) is 15.1 Å². The van der Waals surface area contributed by atoms with Gasteiger partial charge in [-0.25, -0.2) is 0 Å². The number of pyridine rings is 1. The zero-order valence-electron chi connectivity index (χ0n) is 20.0. The van der Waals surface area contributed by atoms with Gasteiger partial charge in [-0.1, -0.05) is 24.3 Å². The molecule has 1 saturated heterocycles. The third-order valence-electron chi connectivity index (χ3n) is 5.96. The summed E-state index contributed by atoms with van der Waals surface area (Å²) in [6, 6.07) is 16.4. The fourth-order valence-corrected chi connectivity index (χ4v) is 4.06. The lowest BCUT2D eigenvalue weighted by molar-refractivity contribution is 0.122. The summed E-state index contributed by atoms with van der Waals surface area (Å²) in [5, 5.41) is 7.58. The summed E-state index contributed by atoms with van der Waals surface area (Å²) in [5.74, 6) is 1.46. The van der Waals surface area contributed by atoms with Gasteiger partial charge in [-0.15, -0.1) is 0 Å². The van der Waals surface area contributed by atoms with E-state index in [2.05, 4.69) is 47.8 Å². The van der Waals surface area contributed by atoms with E-state index in [1.807, 2.05) is 56.7 Å². The van der Waals surface area contributed by atoms with Crippen LogP contribution in [0, 0.1) is 0 Å². The van der Waals surface area contributed by atoms with E-state index in [-0.39, 0.29) is 0 Å². The molecule has 5 rings (SSSR count). The lowest BCUT2D eigenvalue weighted by Crippen LogP contribution is -2.37. The number of benzene rings is 1. The fourth-order valence-electron chi connectivity index (χ4n) is 4.06. The molecule has 9 nitrogen and oxygen atoms in total. The lowest BCUT2D eigenvalue weighted by Gasteiger charge is -2.28. The molecule has 1 aliphatic heterocycles. The maximum atomic E-state index is 5.95. The zero-order valence-corrected chi connectivity index (χ0v) is 20.0. The SMILES string of the molecule is CN(N=Cc1cn(C)c2ccccc12)c1cc(N2CCOCC2)nc(OCCc2ccccn2)n1. The normalized spacial score (nSPS) is 14.1. The van der Waals surface area contributed by atoms with Gasteiger partial charge in [0.1, 0.15) is 5.82 Å². The summed E-state index contributed by atoms with van der Waals surface area (Å²) in [5.41, 5.74) is 3.18. The first kappa shape index (κ1) is 22.8. The Kier molecular flexibility index (Phi) is 6.85.